The maximum absolute atomic E-state index is 13.7. The highest BCUT2D eigenvalue weighted by atomic mass is 32.2. The fourth-order valence-electron chi connectivity index (χ4n) is 1.54. The zero-order valence-corrected chi connectivity index (χ0v) is 12.9. The van der Waals surface area contributed by atoms with Gasteiger partial charge in [-0.05, 0) is 0 Å². The second-order valence-electron chi connectivity index (χ2n) is 4.92. The summed E-state index contributed by atoms with van der Waals surface area (Å²) in [7, 11) is -8.30. The third-order valence-corrected chi connectivity index (χ3v) is 3.97. The number of alkyl halides is 17. The van der Waals surface area contributed by atoms with E-state index in [1.807, 2.05) is 0 Å². The second-order valence-corrected chi connectivity index (χ2v) is 6.34. The molecule has 176 valence electrons. The van der Waals surface area contributed by atoms with Gasteiger partial charge >= 0.3 is 47.0 Å². The highest BCUT2D eigenvalue weighted by Gasteiger charge is 2.99. The summed E-state index contributed by atoms with van der Waals surface area (Å²) in [5.41, 5.74) is -9.32. The number of hydrogen-bond acceptors (Lipinski definition) is 3. The van der Waals surface area contributed by atoms with Gasteiger partial charge in [0, 0.05) is 0 Å². The minimum absolute atomic E-state index is 8.15. The van der Waals surface area contributed by atoms with Crippen molar-refractivity contribution in [2.24, 2.45) is 0 Å². The SMILES string of the molecule is O=S(=O)([O-])C(F)(F)C(F)(F)C(F)(F)C(F)(C(F)(F)C(F)(F)F)C(F)(F)C(F)(F)F. The van der Waals surface area contributed by atoms with Gasteiger partial charge in [0.05, 0.1) is 0 Å². The third-order valence-electron chi connectivity index (χ3n) is 3.08. The average molecular weight is 499 g/mol. The van der Waals surface area contributed by atoms with Gasteiger partial charge in [0.25, 0.3) is 0 Å². The Morgan fingerprint density at radius 3 is 0.862 bits per heavy atom. The Bertz CT molecular complexity index is 703. The standard InChI is InChI=1S/C8HF17O3S/c9-1(3(12,13)6(18,19)20,4(14,15)7(21,22)23)2(10,11)5(16,17)8(24,25)29(26,27)28/h(H,26,27,28)/p-1. The fraction of sp³-hybridized carbons (Fsp3) is 1.00. The molecule has 0 radical (unpaired) electrons. The van der Waals surface area contributed by atoms with E-state index in [4.69, 9.17) is 0 Å². The van der Waals surface area contributed by atoms with Crippen molar-refractivity contribution in [1.29, 1.82) is 0 Å². The summed E-state index contributed by atoms with van der Waals surface area (Å²) in [5.74, 6) is -35.7. The zero-order chi connectivity index (χ0) is 24.5. The molecule has 0 heterocycles. The molecule has 0 saturated heterocycles. The highest BCUT2D eigenvalue weighted by molar-refractivity contribution is 7.86. The first-order valence-corrected chi connectivity index (χ1v) is 7.08. The summed E-state index contributed by atoms with van der Waals surface area (Å²) in [6, 6.07) is 0. The molecule has 0 aliphatic rings. The van der Waals surface area contributed by atoms with Crippen molar-refractivity contribution >= 4 is 10.1 Å². The van der Waals surface area contributed by atoms with Crippen LogP contribution in [0.5, 0.6) is 0 Å². The molecular weight excluding hydrogens is 499 g/mol. The Balaban J connectivity index is 7.57. The smallest absolute Gasteiger partial charge is 0.457 e. The van der Waals surface area contributed by atoms with Crippen molar-refractivity contribution in [2.45, 2.75) is 47.0 Å². The first-order chi connectivity index (χ1) is 12.0. The first kappa shape index (κ1) is 27.7. The first-order valence-electron chi connectivity index (χ1n) is 5.67. The van der Waals surface area contributed by atoms with Crippen LogP contribution in [0.2, 0.25) is 0 Å². The van der Waals surface area contributed by atoms with Gasteiger partial charge in [0.15, 0.2) is 10.1 Å². The molecule has 0 aromatic carbocycles. The van der Waals surface area contributed by atoms with E-state index < -0.39 is 57.1 Å². The van der Waals surface area contributed by atoms with Crippen LogP contribution in [0.15, 0.2) is 0 Å². The van der Waals surface area contributed by atoms with Gasteiger partial charge < -0.3 is 4.55 Å². The predicted molar refractivity (Wildman–Crippen MR) is 50.4 cm³/mol. The molecule has 0 rings (SSSR count). The normalized spacial score (nSPS) is 16.9. The van der Waals surface area contributed by atoms with Crippen molar-refractivity contribution in [3.63, 3.8) is 0 Å². The number of halogens is 17. The van der Waals surface area contributed by atoms with E-state index in [1.165, 1.54) is 0 Å². The van der Waals surface area contributed by atoms with E-state index in [2.05, 4.69) is 0 Å². The Morgan fingerprint density at radius 1 is 0.448 bits per heavy atom. The van der Waals surface area contributed by atoms with Gasteiger partial charge in [0.1, 0.15) is 0 Å². The van der Waals surface area contributed by atoms with Crippen LogP contribution in [0.4, 0.5) is 74.6 Å². The molecule has 0 bridgehead atoms. The topological polar surface area (TPSA) is 57.2 Å². The lowest BCUT2D eigenvalue weighted by Gasteiger charge is -2.47. The van der Waals surface area contributed by atoms with Crippen LogP contribution in [0.1, 0.15) is 0 Å². The Hall–Kier alpha value is -1.28. The van der Waals surface area contributed by atoms with Gasteiger partial charge in [-0.1, -0.05) is 0 Å². The monoisotopic (exact) mass is 499 g/mol. The van der Waals surface area contributed by atoms with Crippen LogP contribution in [0, 0.1) is 0 Å². The maximum atomic E-state index is 13.7. The molecule has 0 aliphatic heterocycles. The summed E-state index contributed by atoms with van der Waals surface area (Å²) in [6.07, 6.45) is -16.6. The van der Waals surface area contributed by atoms with Gasteiger partial charge in [-0.15, -0.1) is 0 Å². The molecule has 0 atom stereocenters. The molecule has 0 aromatic rings. The molecule has 0 N–H and O–H groups in total. The van der Waals surface area contributed by atoms with E-state index in [-0.39, 0.29) is 0 Å². The molecule has 0 aromatic heterocycles. The lowest BCUT2D eigenvalue weighted by atomic mass is 9.79. The van der Waals surface area contributed by atoms with Crippen LogP contribution in [-0.2, 0) is 10.1 Å². The number of rotatable bonds is 6. The molecule has 3 nitrogen and oxygen atoms in total. The molecular formula is C8F17O3S-. The Labute approximate surface area is 146 Å². The van der Waals surface area contributed by atoms with Gasteiger partial charge in [-0.2, -0.15) is 70.2 Å². The van der Waals surface area contributed by atoms with Crippen molar-refractivity contribution in [3.8, 4) is 0 Å². The lowest BCUT2D eigenvalue weighted by molar-refractivity contribution is -0.466. The molecule has 0 spiro atoms. The molecule has 0 saturated carbocycles. The van der Waals surface area contributed by atoms with Crippen molar-refractivity contribution in [2.75, 3.05) is 0 Å². The van der Waals surface area contributed by atoms with Crippen molar-refractivity contribution in [3.05, 3.63) is 0 Å². The Morgan fingerprint density at radius 2 is 0.690 bits per heavy atom. The molecule has 0 aliphatic carbocycles. The van der Waals surface area contributed by atoms with E-state index >= 15 is 0 Å². The second kappa shape index (κ2) is 6.36. The minimum atomic E-state index is -9.32. The number of hydrogen-bond donors (Lipinski definition) is 0. The van der Waals surface area contributed by atoms with Crippen LogP contribution < -0.4 is 0 Å². The van der Waals surface area contributed by atoms with Crippen molar-refractivity contribution < 1.29 is 87.6 Å². The van der Waals surface area contributed by atoms with Crippen LogP contribution in [0.3, 0.4) is 0 Å². The highest BCUT2D eigenvalue weighted by Crippen LogP contribution is 2.67. The van der Waals surface area contributed by atoms with Crippen LogP contribution in [0.25, 0.3) is 0 Å². The van der Waals surface area contributed by atoms with Gasteiger partial charge in [-0.3, -0.25) is 0 Å². The summed E-state index contributed by atoms with van der Waals surface area (Å²) in [4.78, 5) is 0. The van der Waals surface area contributed by atoms with Gasteiger partial charge in [0.2, 0.25) is 0 Å². The predicted octanol–water partition coefficient (Wildman–Crippen LogP) is 4.50. The molecule has 0 unspecified atom stereocenters. The van der Waals surface area contributed by atoms with E-state index in [1.54, 1.807) is 0 Å². The van der Waals surface area contributed by atoms with E-state index in [9.17, 15) is 87.6 Å². The van der Waals surface area contributed by atoms with E-state index in [0.29, 0.717) is 0 Å². The van der Waals surface area contributed by atoms with Crippen molar-refractivity contribution in [1.82, 2.24) is 0 Å². The summed E-state index contributed by atoms with van der Waals surface area (Å²) in [5, 5.41) is -8.15. The molecule has 0 fully saturated rings. The largest absolute Gasteiger partial charge is 0.743 e. The fourth-order valence-corrected chi connectivity index (χ4v) is 1.98. The summed E-state index contributed by atoms with van der Waals surface area (Å²) < 4.78 is 246. The quantitative estimate of drug-likeness (QED) is 0.400. The summed E-state index contributed by atoms with van der Waals surface area (Å²) >= 11 is 0. The zero-order valence-electron chi connectivity index (χ0n) is 12.1. The summed E-state index contributed by atoms with van der Waals surface area (Å²) in [6.45, 7) is 0. The average Bonchev–Trinajstić information content (AvgIpc) is 2.41. The third kappa shape index (κ3) is 3.26. The van der Waals surface area contributed by atoms with Crippen LogP contribution >= 0.6 is 0 Å². The molecule has 0 amide bonds. The lowest BCUT2D eigenvalue weighted by Crippen LogP contribution is -2.80. The van der Waals surface area contributed by atoms with Crippen LogP contribution in [-0.4, -0.2) is 59.9 Å². The van der Waals surface area contributed by atoms with E-state index in [0.717, 1.165) is 0 Å². The molecule has 29 heavy (non-hydrogen) atoms. The maximum Gasteiger partial charge on any atom is 0.457 e. The van der Waals surface area contributed by atoms with Gasteiger partial charge in [-0.25, -0.2) is 12.8 Å². The molecule has 21 heteroatoms. The minimum Gasteiger partial charge on any atom is -0.743 e. The Kier molecular flexibility index (Phi) is 6.08.